The number of amides is 1. The van der Waals surface area contributed by atoms with E-state index in [-0.39, 0.29) is 11.3 Å². The quantitative estimate of drug-likeness (QED) is 0.898. The standard InChI is InChI=1S/C10H13BrN2OS/c11-7-4-8(15-5-7)13-9(14)10(6-12)2-1-3-10/h4-5H,1-3,6,12H2,(H,13,14). The summed E-state index contributed by atoms with van der Waals surface area (Å²) in [6, 6.07) is 1.91. The van der Waals surface area contributed by atoms with Crippen LogP contribution in [-0.4, -0.2) is 12.5 Å². The van der Waals surface area contributed by atoms with Gasteiger partial charge in [-0.2, -0.15) is 0 Å². The first-order valence-electron chi connectivity index (χ1n) is 4.92. The van der Waals surface area contributed by atoms with Gasteiger partial charge in [0.25, 0.3) is 0 Å². The largest absolute Gasteiger partial charge is 0.329 e. The Bertz CT molecular complexity index is 368. The molecular weight excluding hydrogens is 276 g/mol. The Morgan fingerprint density at radius 3 is 2.80 bits per heavy atom. The van der Waals surface area contributed by atoms with Crippen LogP contribution in [0.15, 0.2) is 15.9 Å². The van der Waals surface area contributed by atoms with Crippen molar-refractivity contribution in [1.82, 2.24) is 0 Å². The molecule has 1 heterocycles. The lowest BCUT2D eigenvalue weighted by Gasteiger charge is -2.38. The summed E-state index contributed by atoms with van der Waals surface area (Å²) in [5.41, 5.74) is 5.37. The number of nitrogens with two attached hydrogens (primary N) is 1. The number of halogens is 1. The molecule has 0 aromatic carbocycles. The van der Waals surface area contributed by atoms with E-state index in [4.69, 9.17) is 5.73 Å². The highest BCUT2D eigenvalue weighted by atomic mass is 79.9. The summed E-state index contributed by atoms with van der Waals surface area (Å²) in [4.78, 5) is 12.0. The second-order valence-corrected chi connectivity index (χ2v) is 5.75. The Labute approximate surface area is 101 Å². The van der Waals surface area contributed by atoms with Gasteiger partial charge in [-0.05, 0) is 34.8 Å². The SMILES string of the molecule is NCC1(C(=O)Nc2cc(Br)cs2)CCC1. The summed E-state index contributed by atoms with van der Waals surface area (Å²) in [7, 11) is 0. The third-order valence-corrected chi connectivity index (χ3v) is 4.59. The molecule has 0 aliphatic heterocycles. The zero-order valence-corrected chi connectivity index (χ0v) is 10.7. The van der Waals surface area contributed by atoms with Crippen LogP contribution in [0.1, 0.15) is 19.3 Å². The van der Waals surface area contributed by atoms with Crippen LogP contribution < -0.4 is 11.1 Å². The van der Waals surface area contributed by atoms with Gasteiger partial charge in [-0.3, -0.25) is 4.79 Å². The molecule has 0 radical (unpaired) electrons. The Morgan fingerprint density at radius 1 is 1.67 bits per heavy atom. The molecule has 3 nitrogen and oxygen atoms in total. The molecule has 1 fully saturated rings. The smallest absolute Gasteiger partial charge is 0.232 e. The first kappa shape index (κ1) is 11.1. The number of thiophene rings is 1. The number of hydrogen-bond acceptors (Lipinski definition) is 3. The van der Waals surface area contributed by atoms with Gasteiger partial charge in [-0.1, -0.05) is 6.42 Å². The number of hydrogen-bond donors (Lipinski definition) is 2. The normalized spacial score (nSPS) is 18.3. The zero-order valence-electron chi connectivity index (χ0n) is 8.25. The molecule has 0 saturated heterocycles. The number of nitrogens with one attached hydrogen (secondary N) is 1. The van der Waals surface area contributed by atoms with E-state index in [0.29, 0.717) is 6.54 Å². The van der Waals surface area contributed by atoms with Gasteiger partial charge in [0.1, 0.15) is 0 Å². The minimum Gasteiger partial charge on any atom is -0.329 e. The van der Waals surface area contributed by atoms with Crippen LogP contribution in [-0.2, 0) is 4.79 Å². The molecule has 1 aromatic rings. The maximum Gasteiger partial charge on any atom is 0.232 e. The lowest BCUT2D eigenvalue weighted by Crippen LogP contribution is -2.47. The van der Waals surface area contributed by atoms with Gasteiger partial charge in [0.2, 0.25) is 5.91 Å². The van der Waals surface area contributed by atoms with E-state index in [9.17, 15) is 4.79 Å². The van der Waals surface area contributed by atoms with Crippen LogP contribution >= 0.6 is 27.3 Å². The van der Waals surface area contributed by atoms with Crippen molar-refractivity contribution in [3.8, 4) is 0 Å². The topological polar surface area (TPSA) is 55.1 Å². The highest BCUT2D eigenvalue weighted by Gasteiger charge is 2.42. The first-order valence-corrected chi connectivity index (χ1v) is 6.59. The molecule has 1 saturated carbocycles. The van der Waals surface area contributed by atoms with E-state index in [1.54, 1.807) is 0 Å². The molecule has 15 heavy (non-hydrogen) atoms. The van der Waals surface area contributed by atoms with Gasteiger partial charge in [0.05, 0.1) is 10.4 Å². The van der Waals surface area contributed by atoms with E-state index >= 15 is 0 Å². The molecule has 1 amide bonds. The fourth-order valence-electron chi connectivity index (χ4n) is 1.75. The Morgan fingerprint density at radius 2 is 2.40 bits per heavy atom. The van der Waals surface area contributed by atoms with Crippen molar-refractivity contribution in [3.63, 3.8) is 0 Å². The lowest BCUT2D eigenvalue weighted by molar-refractivity contribution is -0.129. The molecular formula is C10H13BrN2OS. The summed E-state index contributed by atoms with van der Waals surface area (Å²) >= 11 is 4.87. The fraction of sp³-hybridized carbons (Fsp3) is 0.500. The van der Waals surface area contributed by atoms with Crippen molar-refractivity contribution in [1.29, 1.82) is 0 Å². The molecule has 0 unspecified atom stereocenters. The van der Waals surface area contributed by atoms with Crippen LogP contribution in [0.25, 0.3) is 0 Å². The molecule has 82 valence electrons. The molecule has 2 rings (SSSR count). The number of carbonyl (C=O) groups is 1. The second kappa shape index (κ2) is 4.23. The highest BCUT2D eigenvalue weighted by Crippen LogP contribution is 2.41. The predicted molar refractivity (Wildman–Crippen MR) is 66.0 cm³/mol. The van der Waals surface area contributed by atoms with Gasteiger partial charge < -0.3 is 11.1 Å². The molecule has 0 atom stereocenters. The summed E-state index contributed by atoms with van der Waals surface area (Å²) in [5.74, 6) is 0.0746. The van der Waals surface area contributed by atoms with E-state index in [0.717, 1.165) is 28.7 Å². The highest BCUT2D eigenvalue weighted by molar-refractivity contribution is 9.10. The molecule has 3 N–H and O–H groups in total. The van der Waals surface area contributed by atoms with Crippen molar-refractivity contribution in [2.45, 2.75) is 19.3 Å². The average molecular weight is 289 g/mol. The third kappa shape index (κ3) is 2.09. The summed E-state index contributed by atoms with van der Waals surface area (Å²) in [6.45, 7) is 0.450. The van der Waals surface area contributed by atoms with Gasteiger partial charge in [-0.15, -0.1) is 11.3 Å². The van der Waals surface area contributed by atoms with Crippen LogP contribution in [0.2, 0.25) is 0 Å². The van der Waals surface area contributed by atoms with Crippen molar-refractivity contribution >= 4 is 38.2 Å². The second-order valence-electron chi connectivity index (χ2n) is 3.92. The zero-order chi connectivity index (χ0) is 10.9. The molecule has 0 spiro atoms. The maximum absolute atomic E-state index is 12.0. The molecule has 1 aliphatic carbocycles. The predicted octanol–water partition coefficient (Wildman–Crippen LogP) is 2.58. The molecule has 0 bridgehead atoms. The van der Waals surface area contributed by atoms with E-state index in [2.05, 4.69) is 21.2 Å². The van der Waals surface area contributed by atoms with Crippen molar-refractivity contribution in [2.75, 3.05) is 11.9 Å². The maximum atomic E-state index is 12.0. The lowest BCUT2D eigenvalue weighted by atomic mass is 9.68. The van der Waals surface area contributed by atoms with Crippen molar-refractivity contribution in [3.05, 3.63) is 15.9 Å². The van der Waals surface area contributed by atoms with Gasteiger partial charge in [0, 0.05) is 16.4 Å². The fourth-order valence-corrected chi connectivity index (χ4v) is 3.07. The van der Waals surface area contributed by atoms with Crippen LogP contribution in [0, 0.1) is 5.41 Å². The van der Waals surface area contributed by atoms with Crippen LogP contribution in [0.4, 0.5) is 5.00 Å². The number of carbonyl (C=O) groups excluding carboxylic acids is 1. The number of anilines is 1. The minimum absolute atomic E-state index is 0.0746. The summed E-state index contributed by atoms with van der Waals surface area (Å²) in [6.07, 6.45) is 2.95. The van der Waals surface area contributed by atoms with Crippen LogP contribution in [0.3, 0.4) is 0 Å². The Kier molecular flexibility index (Phi) is 3.13. The summed E-state index contributed by atoms with van der Waals surface area (Å²) in [5, 5.41) is 5.76. The first-order chi connectivity index (χ1) is 7.16. The number of rotatable bonds is 3. The van der Waals surface area contributed by atoms with Gasteiger partial charge >= 0.3 is 0 Å². The monoisotopic (exact) mass is 288 g/mol. The molecule has 5 heteroatoms. The van der Waals surface area contributed by atoms with E-state index in [1.165, 1.54) is 11.3 Å². The molecule has 1 aromatic heterocycles. The van der Waals surface area contributed by atoms with Crippen molar-refractivity contribution in [2.24, 2.45) is 11.1 Å². The van der Waals surface area contributed by atoms with Gasteiger partial charge in [-0.25, -0.2) is 0 Å². The van der Waals surface area contributed by atoms with Crippen molar-refractivity contribution < 1.29 is 4.79 Å². The van der Waals surface area contributed by atoms with Crippen LogP contribution in [0.5, 0.6) is 0 Å². The van der Waals surface area contributed by atoms with Gasteiger partial charge in [0.15, 0.2) is 0 Å². The Balaban J connectivity index is 2.03. The minimum atomic E-state index is -0.295. The summed E-state index contributed by atoms with van der Waals surface area (Å²) < 4.78 is 0.998. The molecule has 1 aliphatic rings. The van der Waals surface area contributed by atoms with E-state index < -0.39 is 0 Å². The third-order valence-electron chi connectivity index (χ3n) is 2.99. The average Bonchev–Trinajstić information content (AvgIpc) is 2.50. The Hall–Kier alpha value is -0.390. The van der Waals surface area contributed by atoms with E-state index in [1.807, 2.05) is 11.4 Å².